The molecule has 1 atom stereocenters. The number of hydrogen-bond donors (Lipinski definition) is 1. The summed E-state index contributed by atoms with van der Waals surface area (Å²) in [6, 6.07) is 14.1. The van der Waals surface area contributed by atoms with Gasteiger partial charge in [-0.2, -0.15) is 0 Å². The maximum atomic E-state index is 13.5. The van der Waals surface area contributed by atoms with Gasteiger partial charge >= 0.3 is 0 Å². The largest absolute Gasteiger partial charge is 0.323 e. The van der Waals surface area contributed by atoms with Crippen LogP contribution in [0.5, 0.6) is 0 Å². The molecule has 0 aliphatic heterocycles. The van der Waals surface area contributed by atoms with Gasteiger partial charge < -0.3 is 5.32 Å². The minimum atomic E-state index is -0.421. The molecule has 2 aromatic rings. The summed E-state index contributed by atoms with van der Waals surface area (Å²) in [6.45, 7) is 1.82. The fourth-order valence-corrected chi connectivity index (χ4v) is 3.00. The van der Waals surface area contributed by atoms with Crippen LogP contribution in [0, 0.1) is 5.82 Å². The smallest absolute Gasteiger partial charge is 0.237 e. The van der Waals surface area contributed by atoms with Crippen LogP contribution in [0.3, 0.4) is 0 Å². The maximum Gasteiger partial charge on any atom is 0.237 e. The average molecular weight is 368 g/mol. The molecule has 0 aliphatic carbocycles. The summed E-state index contributed by atoms with van der Waals surface area (Å²) >= 11 is 4.94. The van der Waals surface area contributed by atoms with E-state index in [1.165, 1.54) is 17.8 Å². The Bertz CT molecular complexity index is 635. The lowest BCUT2D eigenvalue weighted by Crippen LogP contribution is -2.23. The Balaban J connectivity index is 1.90. The fourth-order valence-electron chi connectivity index (χ4n) is 1.72. The van der Waals surface area contributed by atoms with Gasteiger partial charge in [0.05, 0.1) is 10.9 Å². The topological polar surface area (TPSA) is 29.1 Å². The first-order valence-electron chi connectivity index (χ1n) is 6.47. The molecule has 0 radical (unpaired) electrons. The third kappa shape index (κ3) is 4.86. The van der Waals surface area contributed by atoms with Crippen molar-refractivity contribution in [3.8, 4) is 0 Å². The van der Waals surface area contributed by atoms with E-state index in [0.717, 1.165) is 15.8 Å². The molecule has 0 aliphatic rings. The van der Waals surface area contributed by atoms with Crippen molar-refractivity contribution in [1.82, 2.24) is 0 Å². The van der Waals surface area contributed by atoms with Gasteiger partial charge in [-0.05, 0) is 36.8 Å². The van der Waals surface area contributed by atoms with Crippen LogP contribution in [-0.4, -0.2) is 11.2 Å². The van der Waals surface area contributed by atoms with Gasteiger partial charge in [-0.25, -0.2) is 4.39 Å². The molecule has 1 N–H and O–H groups in total. The number of carbonyl (C=O) groups is 1. The molecular formula is C16H15BrFNOS. The minimum Gasteiger partial charge on any atom is -0.323 e. The van der Waals surface area contributed by atoms with Crippen LogP contribution in [0.25, 0.3) is 0 Å². The summed E-state index contributed by atoms with van der Waals surface area (Å²) in [5.41, 5.74) is 1.36. The Labute approximate surface area is 136 Å². The van der Waals surface area contributed by atoms with Crippen LogP contribution in [0.15, 0.2) is 53.0 Å². The van der Waals surface area contributed by atoms with E-state index in [1.54, 1.807) is 18.2 Å². The van der Waals surface area contributed by atoms with Gasteiger partial charge in [-0.1, -0.05) is 40.2 Å². The second kappa shape index (κ2) is 7.61. The van der Waals surface area contributed by atoms with E-state index >= 15 is 0 Å². The van der Waals surface area contributed by atoms with Gasteiger partial charge in [0, 0.05) is 10.2 Å². The van der Waals surface area contributed by atoms with Crippen molar-refractivity contribution in [3.63, 3.8) is 0 Å². The molecule has 0 spiro atoms. The number of carbonyl (C=O) groups excluding carboxylic acids is 1. The van der Waals surface area contributed by atoms with Crippen molar-refractivity contribution in [1.29, 1.82) is 0 Å². The maximum absolute atomic E-state index is 13.5. The number of benzene rings is 2. The molecular weight excluding hydrogens is 353 g/mol. The molecule has 0 saturated heterocycles. The number of nitrogens with one attached hydrogen (secondary N) is 1. The highest BCUT2D eigenvalue weighted by molar-refractivity contribution is 9.10. The van der Waals surface area contributed by atoms with E-state index in [2.05, 4.69) is 21.2 Å². The third-order valence-corrected chi connectivity index (χ3v) is 4.60. The zero-order valence-corrected chi connectivity index (χ0v) is 13.9. The Hall–Kier alpha value is -1.33. The SMILES string of the molecule is CC(SCc1cccc(Br)c1)C(=O)Nc1ccccc1F. The van der Waals surface area contributed by atoms with E-state index in [1.807, 2.05) is 31.2 Å². The summed E-state index contributed by atoms with van der Waals surface area (Å²) < 4.78 is 14.5. The number of rotatable bonds is 5. The van der Waals surface area contributed by atoms with E-state index in [9.17, 15) is 9.18 Å². The molecule has 1 amide bonds. The first-order valence-corrected chi connectivity index (χ1v) is 8.32. The molecule has 0 bridgehead atoms. The normalized spacial score (nSPS) is 12.0. The summed E-state index contributed by atoms with van der Waals surface area (Å²) in [6.07, 6.45) is 0. The van der Waals surface area contributed by atoms with Gasteiger partial charge in [-0.3, -0.25) is 4.79 Å². The van der Waals surface area contributed by atoms with Gasteiger partial charge in [0.25, 0.3) is 0 Å². The molecule has 5 heteroatoms. The number of amides is 1. The molecule has 0 heterocycles. The minimum absolute atomic E-state index is 0.194. The quantitative estimate of drug-likeness (QED) is 0.818. The molecule has 0 aromatic heterocycles. The zero-order valence-electron chi connectivity index (χ0n) is 11.5. The first kappa shape index (κ1) is 16.0. The van der Waals surface area contributed by atoms with Crippen molar-refractivity contribution in [3.05, 3.63) is 64.4 Å². The van der Waals surface area contributed by atoms with Crippen molar-refractivity contribution in [2.75, 3.05) is 5.32 Å². The Morgan fingerprint density at radius 3 is 2.76 bits per heavy atom. The van der Waals surface area contributed by atoms with Gasteiger partial charge in [0.2, 0.25) is 5.91 Å². The van der Waals surface area contributed by atoms with E-state index < -0.39 is 5.82 Å². The lowest BCUT2D eigenvalue weighted by Gasteiger charge is -2.12. The lowest BCUT2D eigenvalue weighted by atomic mass is 10.2. The molecule has 21 heavy (non-hydrogen) atoms. The van der Waals surface area contributed by atoms with Crippen LogP contribution in [-0.2, 0) is 10.5 Å². The first-order chi connectivity index (χ1) is 10.1. The van der Waals surface area contributed by atoms with Gasteiger partial charge in [-0.15, -0.1) is 11.8 Å². The summed E-state index contributed by atoms with van der Waals surface area (Å²) in [7, 11) is 0. The van der Waals surface area contributed by atoms with Crippen molar-refractivity contribution < 1.29 is 9.18 Å². The highest BCUT2D eigenvalue weighted by Gasteiger charge is 2.15. The average Bonchev–Trinajstić information content (AvgIpc) is 2.47. The van der Waals surface area contributed by atoms with Gasteiger partial charge in [0.15, 0.2) is 0 Å². The standard InChI is InChI=1S/C16H15BrFNOS/c1-11(21-10-12-5-4-6-13(17)9-12)16(20)19-15-8-3-2-7-14(15)18/h2-9,11H,10H2,1H3,(H,19,20). The predicted octanol–water partition coefficient (Wildman–Crippen LogP) is 4.85. The number of thioether (sulfide) groups is 1. The molecule has 2 rings (SSSR count). The predicted molar refractivity (Wildman–Crippen MR) is 89.9 cm³/mol. The van der Waals surface area contributed by atoms with Crippen LogP contribution in [0.4, 0.5) is 10.1 Å². The lowest BCUT2D eigenvalue weighted by molar-refractivity contribution is -0.115. The second-order valence-corrected chi connectivity index (χ2v) is 6.80. The number of halogens is 2. The van der Waals surface area contributed by atoms with Crippen molar-refractivity contribution >= 4 is 39.3 Å². The molecule has 110 valence electrons. The Kier molecular flexibility index (Phi) is 5.82. The van der Waals surface area contributed by atoms with Crippen LogP contribution in [0.1, 0.15) is 12.5 Å². The number of para-hydroxylation sites is 1. The van der Waals surface area contributed by atoms with Crippen LogP contribution in [0.2, 0.25) is 0 Å². The highest BCUT2D eigenvalue weighted by Crippen LogP contribution is 2.22. The van der Waals surface area contributed by atoms with E-state index in [0.29, 0.717) is 0 Å². The van der Waals surface area contributed by atoms with Crippen LogP contribution < -0.4 is 5.32 Å². The summed E-state index contributed by atoms with van der Waals surface area (Å²) in [5.74, 6) is 0.112. The van der Waals surface area contributed by atoms with E-state index in [-0.39, 0.29) is 16.8 Å². The fraction of sp³-hybridized carbons (Fsp3) is 0.188. The Morgan fingerprint density at radius 2 is 2.05 bits per heavy atom. The third-order valence-electron chi connectivity index (χ3n) is 2.89. The molecule has 0 fully saturated rings. The monoisotopic (exact) mass is 367 g/mol. The van der Waals surface area contributed by atoms with Crippen LogP contribution >= 0.6 is 27.7 Å². The van der Waals surface area contributed by atoms with Crippen molar-refractivity contribution in [2.45, 2.75) is 17.9 Å². The van der Waals surface area contributed by atoms with E-state index in [4.69, 9.17) is 0 Å². The molecule has 0 saturated carbocycles. The molecule has 1 unspecified atom stereocenters. The number of anilines is 1. The number of hydrogen-bond acceptors (Lipinski definition) is 2. The zero-order chi connectivity index (χ0) is 15.2. The summed E-state index contributed by atoms with van der Waals surface area (Å²) in [4.78, 5) is 12.0. The molecule has 2 aromatic carbocycles. The second-order valence-electron chi connectivity index (χ2n) is 4.55. The summed E-state index contributed by atoms with van der Waals surface area (Å²) in [5, 5.41) is 2.35. The van der Waals surface area contributed by atoms with Crippen molar-refractivity contribution in [2.24, 2.45) is 0 Å². The molecule has 2 nitrogen and oxygen atoms in total. The van der Waals surface area contributed by atoms with Gasteiger partial charge in [0.1, 0.15) is 5.82 Å². The Morgan fingerprint density at radius 1 is 1.29 bits per heavy atom. The highest BCUT2D eigenvalue weighted by atomic mass is 79.9.